The van der Waals surface area contributed by atoms with Gasteiger partial charge in [-0.05, 0) is 68.2 Å². The first kappa shape index (κ1) is 17.1. The number of piperidine rings is 3. The Bertz CT molecular complexity index is 624. The first-order valence-electron chi connectivity index (χ1n) is 8.55. The number of halogens is 1. The van der Waals surface area contributed by atoms with E-state index in [0.717, 1.165) is 29.8 Å². The van der Waals surface area contributed by atoms with Crippen molar-refractivity contribution < 1.29 is 9.47 Å². The fourth-order valence-electron chi connectivity index (χ4n) is 3.71. The van der Waals surface area contributed by atoms with Crippen LogP contribution < -0.4 is 9.47 Å². The van der Waals surface area contributed by atoms with E-state index in [4.69, 9.17) is 9.47 Å². The fraction of sp³-hybridized carbons (Fsp3) is 0.400. The minimum Gasteiger partial charge on any atom is -0.493 e. The van der Waals surface area contributed by atoms with Gasteiger partial charge < -0.3 is 14.4 Å². The van der Waals surface area contributed by atoms with E-state index in [1.165, 1.54) is 32.5 Å². The van der Waals surface area contributed by atoms with Crippen LogP contribution in [0.1, 0.15) is 12.8 Å². The van der Waals surface area contributed by atoms with Crippen molar-refractivity contribution in [1.82, 2.24) is 4.90 Å². The summed E-state index contributed by atoms with van der Waals surface area (Å²) in [6, 6.07) is 17.8. The van der Waals surface area contributed by atoms with Gasteiger partial charge in [0.2, 0.25) is 0 Å². The van der Waals surface area contributed by atoms with Crippen molar-refractivity contribution >= 4 is 12.4 Å². The Morgan fingerprint density at radius 2 is 1.46 bits per heavy atom. The predicted octanol–water partition coefficient (Wildman–Crippen LogP) is 4.62. The molecule has 0 spiro atoms. The minimum atomic E-state index is 0. The van der Waals surface area contributed by atoms with Gasteiger partial charge in [-0.25, -0.2) is 0 Å². The number of nitrogens with zero attached hydrogens (tertiary/aromatic N) is 1. The summed E-state index contributed by atoms with van der Waals surface area (Å²) in [5.41, 5.74) is 0. The molecule has 3 fully saturated rings. The molecule has 0 aromatic heterocycles. The molecule has 2 aromatic carbocycles. The predicted molar refractivity (Wildman–Crippen MR) is 98.4 cm³/mol. The van der Waals surface area contributed by atoms with Gasteiger partial charge in [-0.3, -0.25) is 0 Å². The lowest BCUT2D eigenvalue weighted by Gasteiger charge is -2.44. The van der Waals surface area contributed by atoms with Gasteiger partial charge in [-0.1, -0.05) is 18.2 Å². The summed E-state index contributed by atoms with van der Waals surface area (Å²) in [4.78, 5) is 2.57. The molecule has 24 heavy (non-hydrogen) atoms. The molecule has 3 heterocycles. The van der Waals surface area contributed by atoms with Gasteiger partial charge in [0, 0.05) is 12.5 Å². The Kier molecular flexibility index (Phi) is 5.64. The van der Waals surface area contributed by atoms with E-state index in [2.05, 4.69) is 4.90 Å². The molecular weight excluding hydrogens is 322 g/mol. The number of rotatable bonds is 5. The zero-order valence-electron chi connectivity index (χ0n) is 13.8. The Hall–Kier alpha value is -1.71. The Labute approximate surface area is 150 Å². The van der Waals surface area contributed by atoms with Gasteiger partial charge in [-0.2, -0.15) is 0 Å². The van der Waals surface area contributed by atoms with Crippen LogP contribution in [0.25, 0.3) is 0 Å². The van der Waals surface area contributed by atoms with Crippen LogP contribution >= 0.6 is 12.4 Å². The molecule has 0 N–H and O–H groups in total. The normalized spacial score (nSPS) is 24.9. The summed E-state index contributed by atoms with van der Waals surface area (Å²) in [5, 5.41) is 0. The largest absolute Gasteiger partial charge is 0.493 e. The molecule has 4 heteroatoms. The molecule has 3 saturated heterocycles. The lowest BCUT2D eigenvalue weighted by atomic mass is 9.79. The molecule has 3 aliphatic heterocycles. The molecule has 0 radical (unpaired) electrons. The van der Waals surface area contributed by atoms with E-state index in [-0.39, 0.29) is 12.4 Å². The van der Waals surface area contributed by atoms with Crippen molar-refractivity contribution in [3.63, 3.8) is 0 Å². The molecule has 3 nitrogen and oxygen atoms in total. The zero-order chi connectivity index (χ0) is 15.5. The maximum atomic E-state index is 6.02. The number of ether oxygens (including phenoxy) is 2. The molecule has 1 unspecified atom stereocenters. The summed E-state index contributed by atoms with van der Waals surface area (Å²) >= 11 is 0. The highest BCUT2D eigenvalue weighted by atomic mass is 35.5. The van der Waals surface area contributed by atoms with Crippen molar-refractivity contribution in [2.45, 2.75) is 12.8 Å². The average molecular weight is 346 g/mol. The SMILES string of the molecule is Cl.c1ccc(Oc2ccc(OCC3CN4CCC3CC4)cc2)cc1. The van der Waals surface area contributed by atoms with Gasteiger partial charge in [0.1, 0.15) is 17.2 Å². The quantitative estimate of drug-likeness (QED) is 0.789. The van der Waals surface area contributed by atoms with Crippen LogP contribution in [0.3, 0.4) is 0 Å². The van der Waals surface area contributed by atoms with E-state index in [1.54, 1.807) is 0 Å². The van der Waals surface area contributed by atoms with Crippen LogP contribution in [-0.4, -0.2) is 31.1 Å². The Balaban J connectivity index is 0.00000169. The summed E-state index contributed by atoms with van der Waals surface area (Å²) in [7, 11) is 0. The number of fused-ring (bicyclic) bond motifs is 3. The maximum absolute atomic E-state index is 6.02. The van der Waals surface area contributed by atoms with Gasteiger partial charge in [-0.15, -0.1) is 12.4 Å². The van der Waals surface area contributed by atoms with Crippen molar-refractivity contribution in [1.29, 1.82) is 0 Å². The average Bonchev–Trinajstić information content (AvgIpc) is 2.63. The van der Waals surface area contributed by atoms with Crippen molar-refractivity contribution in [2.24, 2.45) is 11.8 Å². The van der Waals surface area contributed by atoms with Crippen molar-refractivity contribution in [3.8, 4) is 17.2 Å². The number of benzene rings is 2. The highest BCUT2D eigenvalue weighted by molar-refractivity contribution is 5.85. The number of hydrogen-bond acceptors (Lipinski definition) is 3. The Morgan fingerprint density at radius 1 is 0.833 bits per heavy atom. The van der Waals surface area contributed by atoms with Gasteiger partial charge in [0.25, 0.3) is 0 Å². The summed E-state index contributed by atoms with van der Waals surface area (Å²) in [6.07, 6.45) is 2.69. The standard InChI is InChI=1S/C20H23NO2.ClH/c1-2-4-19(5-3-1)23-20-8-6-18(7-9-20)22-15-17-14-21-12-10-16(17)11-13-21;/h1-9,16-17H,10-15H2;1H. The Morgan fingerprint density at radius 3 is 2.08 bits per heavy atom. The van der Waals surface area contributed by atoms with Crippen LogP contribution in [0.4, 0.5) is 0 Å². The highest BCUT2D eigenvalue weighted by Gasteiger charge is 2.34. The molecule has 0 aliphatic carbocycles. The van der Waals surface area contributed by atoms with Crippen LogP contribution in [0, 0.1) is 11.8 Å². The molecule has 5 rings (SSSR count). The van der Waals surface area contributed by atoms with Crippen molar-refractivity contribution in [2.75, 3.05) is 26.2 Å². The summed E-state index contributed by atoms with van der Waals surface area (Å²) in [6.45, 7) is 4.61. The first-order valence-corrected chi connectivity index (χ1v) is 8.55. The highest BCUT2D eigenvalue weighted by Crippen LogP contribution is 2.33. The van der Waals surface area contributed by atoms with Gasteiger partial charge >= 0.3 is 0 Å². The molecule has 1 atom stereocenters. The van der Waals surface area contributed by atoms with E-state index in [1.807, 2.05) is 54.6 Å². The van der Waals surface area contributed by atoms with E-state index in [9.17, 15) is 0 Å². The van der Waals surface area contributed by atoms with Crippen molar-refractivity contribution in [3.05, 3.63) is 54.6 Å². The first-order chi connectivity index (χ1) is 11.4. The number of para-hydroxylation sites is 1. The monoisotopic (exact) mass is 345 g/mol. The molecular formula is C20H24ClNO2. The van der Waals surface area contributed by atoms with Gasteiger partial charge in [0.15, 0.2) is 0 Å². The summed E-state index contributed by atoms with van der Waals surface area (Å²) in [5.74, 6) is 4.18. The van der Waals surface area contributed by atoms with Crippen LogP contribution in [0.2, 0.25) is 0 Å². The summed E-state index contributed by atoms with van der Waals surface area (Å²) < 4.78 is 11.8. The third-order valence-electron chi connectivity index (χ3n) is 5.06. The minimum absolute atomic E-state index is 0. The number of hydrogen-bond donors (Lipinski definition) is 0. The van der Waals surface area contributed by atoms with Crippen LogP contribution in [0.15, 0.2) is 54.6 Å². The fourth-order valence-corrected chi connectivity index (χ4v) is 3.71. The second-order valence-electron chi connectivity index (χ2n) is 6.60. The second kappa shape index (κ2) is 7.91. The lowest BCUT2D eigenvalue weighted by Crippen LogP contribution is -2.49. The lowest BCUT2D eigenvalue weighted by molar-refractivity contribution is 0.0257. The van der Waals surface area contributed by atoms with E-state index < -0.39 is 0 Å². The maximum Gasteiger partial charge on any atom is 0.127 e. The van der Waals surface area contributed by atoms with Gasteiger partial charge in [0.05, 0.1) is 6.61 Å². The van der Waals surface area contributed by atoms with Crippen LogP contribution in [-0.2, 0) is 0 Å². The molecule has 2 bridgehead atoms. The topological polar surface area (TPSA) is 21.7 Å². The molecule has 128 valence electrons. The van der Waals surface area contributed by atoms with Crippen LogP contribution in [0.5, 0.6) is 17.2 Å². The molecule has 0 saturated carbocycles. The molecule has 0 amide bonds. The molecule has 3 aliphatic rings. The smallest absolute Gasteiger partial charge is 0.127 e. The van der Waals surface area contributed by atoms with E-state index >= 15 is 0 Å². The third-order valence-corrected chi connectivity index (χ3v) is 5.06. The second-order valence-corrected chi connectivity index (χ2v) is 6.60. The zero-order valence-corrected chi connectivity index (χ0v) is 14.6. The third kappa shape index (κ3) is 4.03. The van der Waals surface area contributed by atoms with E-state index in [0.29, 0.717) is 5.92 Å². The molecule has 2 aromatic rings.